The summed E-state index contributed by atoms with van der Waals surface area (Å²) in [4.78, 5) is -0.244. The molecule has 0 radical (unpaired) electrons. The van der Waals surface area contributed by atoms with Crippen molar-refractivity contribution in [2.45, 2.75) is 24.2 Å². The number of hydrogen-bond donors (Lipinski definition) is 1. The Labute approximate surface area is 116 Å². The molecule has 9 heteroatoms. The number of halogens is 5. The second-order valence-electron chi connectivity index (χ2n) is 3.80. The van der Waals surface area contributed by atoms with Crippen molar-refractivity contribution in [2.24, 2.45) is 0 Å². The number of hydrogen-bond acceptors (Lipinski definition) is 2. The SMILES string of the molecule is Cc1ccc(Br)cc1S(=O)(=O)NCC(F)(F)C(F)F. The fourth-order valence-electron chi connectivity index (χ4n) is 1.21. The summed E-state index contributed by atoms with van der Waals surface area (Å²) in [5.41, 5.74) is 0.316. The summed E-state index contributed by atoms with van der Waals surface area (Å²) in [6, 6.07) is 4.24. The van der Waals surface area contributed by atoms with Crippen LogP contribution in [0.25, 0.3) is 0 Å². The lowest BCUT2D eigenvalue weighted by atomic mass is 10.2. The summed E-state index contributed by atoms with van der Waals surface area (Å²) in [7, 11) is -4.27. The van der Waals surface area contributed by atoms with E-state index in [0.29, 0.717) is 10.0 Å². The minimum Gasteiger partial charge on any atom is -0.207 e. The maximum Gasteiger partial charge on any atom is 0.320 e. The van der Waals surface area contributed by atoms with Gasteiger partial charge in [0.15, 0.2) is 0 Å². The van der Waals surface area contributed by atoms with E-state index in [2.05, 4.69) is 15.9 Å². The molecule has 1 aromatic carbocycles. The van der Waals surface area contributed by atoms with Crippen molar-refractivity contribution in [3.05, 3.63) is 28.2 Å². The van der Waals surface area contributed by atoms with Gasteiger partial charge in [-0.15, -0.1) is 0 Å². The van der Waals surface area contributed by atoms with Gasteiger partial charge in [0.1, 0.15) is 0 Å². The second kappa shape index (κ2) is 5.76. The molecule has 0 heterocycles. The molecule has 0 amide bonds. The average Bonchev–Trinajstić information content (AvgIpc) is 2.30. The molecule has 0 bridgehead atoms. The molecule has 0 saturated heterocycles. The van der Waals surface area contributed by atoms with Crippen LogP contribution in [0, 0.1) is 6.92 Å². The Bertz CT molecular complexity index is 563. The quantitative estimate of drug-likeness (QED) is 0.817. The molecule has 1 N–H and O–H groups in total. The number of benzene rings is 1. The van der Waals surface area contributed by atoms with Gasteiger partial charge in [-0.1, -0.05) is 22.0 Å². The van der Waals surface area contributed by atoms with Crippen LogP contribution in [0.15, 0.2) is 27.6 Å². The van der Waals surface area contributed by atoms with E-state index in [-0.39, 0.29) is 4.90 Å². The number of aryl methyl sites for hydroxylation is 1. The fraction of sp³-hybridized carbons (Fsp3) is 0.400. The largest absolute Gasteiger partial charge is 0.320 e. The third-order valence-corrected chi connectivity index (χ3v) is 4.29. The molecular weight excluding hydrogens is 354 g/mol. The molecule has 0 saturated carbocycles. The van der Waals surface area contributed by atoms with E-state index in [1.165, 1.54) is 23.8 Å². The van der Waals surface area contributed by atoms with Crippen LogP contribution in [-0.4, -0.2) is 27.3 Å². The van der Waals surface area contributed by atoms with E-state index >= 15 is 0 Å². The highest BCUT2D eigenvalue weighted by Gasteiger charge is 2.41. The topological polar surface area (TPSA) is 46.2 Å². The summed E-state index contributed by atoms with van der Waals surface area (Å²) in [5.74, 6) is -4.41. The van der Waals surface area contributed by atoms with Gasteiger partial charge in [0.05, 0.1) is 11.4 Å². The molecule has 108 valence electrons. The lowest BCUT2D eigenvalue weighted by molar-refractivity contribution is -0.122. The van der Waals surface area contributed by atoms with Crippen molar-refractivity contribution in [1.82, 2.24) is 4.72 Å². The van der Waals surface area contributed by atoms with Gasteiger partial charge in [-0.2, -0.15) is 8.78 Å². The van der Waals surface area contributed by atoms with Gasteiger partial charge in [-0.25, -0.2) is 21.9 Å². The molecule has 0 atom stereocenters. The number of alkyl halides is 4. The van der Waals surface area contributed by atoms with E-state index in [1.807, 2.05) is 0 Å². The highest BCUT2D eigenvalue weighted by atomic mass is 79.9. The summed E-state index contributed by atoms with van der Waals surface area (Å²) in [5, 5.41) is 0. The van der Waals surface area contributed by atoms with Crippen LogP contribution in [0.3, 0.4) is 0 Å². The second-order valence-corrected chi connectivity index (χ2v) is 6.45. The number of rotatable bonds is 5. The van der Waals surface area contributed by atoms with Crippen LogP contribution in [0.5, 0.6) is 0 Å². The van der Waals surface area contributed by atoms with Crippen LogP contribution in [0.2, 0.25) is 0 Å². The van der Waals surface area contributed by atoms with E-state index < -0.39 is 28.9 Å². The molecule has 3 nitrogen and oxygen atoms in total. The zero-order valence-corrected chi connectivity index (χ0v) is 12.0. The zero-order chi connectivity index (χ0) is 14.8. The van der Waals surface area contributed by atoms with Gasteiger partial charge >= 0.3 is 12.3 Å². The standard InChI is InChI=1S/C10H10BrF4NO2S/c1-6-2-3-7(11)4-8(6)19(17,18)16-5-10(14,15)9(12)13/h2-4,9,16H,5H2,1H3. The molecule has 0 unspecified atom stereocenters. The maximum atomic E-state index is 12.7. The smallest absolute Gasteiger partial charge is 0.207 e. The van der Waals surface area contributed by atoms with Gasteiger partial charge < -0.3 is 0 Å². The Morgan fingerprint density at radius 1 is 1.37 bits per heavy atom. The minimum atomic E-state index is -4.41. The molecule has 0 aliphatic heterocycles. The van der Waals surface area contributed by atoms with Gasteiger partial charge in [-0.3, -0.25) is 0 Å². The van der Waals surface area contributed by atoms with Gasteiger partial charge in [-0.05, 0) is 24.6 Å². The number of sulfonamides is 1. The van der Waals surface area contributed by atoms with E-state index in [9.17, 15) is 26.0 Å². The Kier molecular flexibility index (Phi) is 4.97. The van der Waals surface area contributed by atoms with Crippen molar-refractivity contribution < 1.29 is 26.0 Å². The summed E-state index contributed by atoms with van der Waals surface area (Å²) in [6.07, 6.45) is -3.93. The van der Waals surface area contributed by atoms with Crippen LogP contribution < -0.4 is 4.72 Å². The third kappa shape index (κ3) is 4.15. The first kappa shape index (κ1) is 16.4. The molecule has 1 rings (SSSR count). The lowest BCUT2D eigenvalue weighted by Crippen LogP contribution is -2.41. The predicted molar refractivity (Wildman–Crippen MR) is 65.0 cm³/mol. The molecule has 0 fully saturated rings. The summed E-state index contributed by atoms with van der Waals surface area (Å²) < 4.78 is 74.7. The first-order chi connectivity index (χ1) is 8.56. The van der Waals surface area contributed by atoms with Crippen molar-refractivity contribution in [2.75, 3.05) is 6.54 Å². The Morgan fingerprint density at radius 2 is 1.95 bits per heavy atom. The third-order valence-electron chi connectivity index (χ3n) is 2.26. The van der Waals surface area contributed by atoms with E-state index in [1.54, 1.807) is 6.07 Å². The molecule has 19 heavy (non-hydrogen) atoms. The first-order valence-electron chi connectivity index (χ1n) is 4.98. The molecule has 0 aliphatic carbocycles. The highest BCUT2D eigenvalue weighted by molar-refractivity contribution is 9.10. The van der Waals surface area contributed by atoms with Crippen molar-refractivity contribution in [1.29, 1.82) is 0 Å². The Balaban J connectivity index is 2.97. The van der Waals surface area contributed by atoms with Gasteiger partial charge in [0, 0.05) is 4.47 Å². The van der Waals surface area contributed by atoms with Crippen molar-refractivity contribution in [3.8, 4) is 0 Å². The lowest BCUT2D eigenvalue weighted by Gasteiger charge is -2.16. The predicted octanol–water partition coefficient (Wildman–Crippen LogP) is 2.94. The molecule has 0 aromatic heterocycles. The van der Waals surface area contributed by atoms with Crippen LogP contribution in [-0.2, 0) is 10.0 Å². The monoisotopic (exact) mass is 363 g/mol. The van der Waals surface area contributed by atoms with Gasteiger partial charge in [0.25, 0.3) is 0 Å². The molecule has 1 aromatic rings. The Hall–Kier alpha value is -0.670. The van der Waals surface area contributed by atoms with Crippen LogP contribution in [0.4, 0.5) is 17.6 Å². The summed E-state index contributed by atoms with van der Waals surface area (Å²) in [6.45, 7) is -0.189. The van der Waals surface area contributed by atoms with E-state index in [4.69, 9.17) is 0 Å². The molecular formula is C10H10BrF4NO2S. The molecule has 0 spiro atoms. The van der Waals surface area contributed by atoms with Gasteiger partial charge in [0.2, 0.25) is 10.0 Å². The molecule has 0 aliphatic rings. The zero-order valence-electron chi connectivity index (χ0n) is 9.63. The average molecular weight is 364 g/mol. The summed E-state index contributed by atoms with van der Waals surface area (Å²) >= 11 is 3.04. The normalized spacial score (nSPS) is 13.0. The fourth-order valence-corrected chi connectivity index (χ4v) is 3.03. The van der Waals surface area contributed by atoms with Crippen molar-refractivity contribution in [3.63, 3.8) is 0 Å². The first-order valence-corrected chi connectivity index (χ1v) is 7.25. The maximum absolute atomic E-state index is 12.7. The van der Waals surface area contributed by atoms with E-state index in [0.717, 1.165) is 0 Å². The highest BCUT2D eigenvalue weighted by Crippen LogP contribution is 2.24. The van der Waals surface area contributed by atoms with Crippen molar-refractivity contribution >= 4 is 26.0 Å². The van der Waals surface area contributed by atoms with Crippen LogP contribution >= 0.6 is 15.9 Å². The van der Waals surface area contributed by atoms with Crippen LogP contribution in [0.1, 0.15) is 5.56 Å². The minimum absolute atomic E-state index is 0.244. The Morgan fingerprint density at radius 3 is 2.47 bits per heavy atom. The number of nitrogens with one attached hydrogen (secondary N) is 1.